The Kier molecular flexibility index (Phi) is 4.45. The average Bonchev–Trinajstić information content (AvgIpc) is 2.40. The molecule has 0 aliphatic carbocycles. The summed E-state index contributed by atoms with van der Waals surface area (Å²) in [7, 11) is 0. The van der Waals surface area contributed by atoms with Crippen LogP contribution in [0.3, 0.4) is 0 Å². The first kappa shape index (κ1) is 12.5. The van der Waals surface area contributed by atoms with Gasteiger partial charge < -0.3 is 4.90 Å². The SMILES string of the molecule is C=C(CS)CN1CCN(c2ccccn2)CC1. The van der Waals surface area contributed by atoms with Crippen molar-refractivity contribution in [2.75, 3.05) is 43.4 Å². The Morgan fingerprint density at radius 1 is 1.29 bits per heavy atom. The summed E-state index contributed by atoms with van der Waals surface area (Å²) in [6, 6.07) is 6.07. The molecule has 0 amide bonds. The maximum atomic E-state index is 4.38. The van der Waals surface area contributed by atoms with Gasteiger partial charge in [0.25, 0.3) is 0 Å². The van der Waals surface area contributed by atoms with Gasteiger partial charge in [0.15, 0.2) is 0 Å². The van der Waals surface area contributed by atoms with Crippen LogP contribution in [-0.2, 0) is 0 Å². The predicted molar refractivity (Wildman–Crippen MR) is 75.9 cm³/mol. The Morgan fingerprint density at radius 3 is 2.65 bits per heavy atom. The number of hydrogen-bond donors (Lipinski definition) is 1. The van der Waals surface area contributed by atoms with E-state index < -0.39 is 0 Å². The van der Waals surface area contributed by atoms with Crippen molar-refractivity contribution in [3.63, 3.8) is 0 Å². The number of rotatable bonds is 4. The molecule has 1 saturated heterocycles. The molecule has 17 heavy (non-hydrogen) atoms. The fourth-order valence-corrected chi connectivity index (χ4v) is 2.14. The molecular formula is C13H19N3S. The van der Waals surface area contributed by atoms with E-state index in [1.54, 1.807) is 0 Å². The highest BCUT2D eigenvalue weighted by Gasteiger charge is 2.17. The van der Waals surface area contributed by atoms with Gasteiger partial charge in [0, 0.05) is 44.7 Å². The van der Waals surface area contributed by atoms with E-state index in [4.69, 9.17) is 0 Å². The number of pyridine rings is 1. The second-order valence-electron chi connectivity index (χ2n) is 4.36. The summed E-state index contributed by atoms with van der Waals surface area (Å²) in [5.74, 6) is 1.86. The zero-order valence-corrected chi connectivity index (χ0v) is 10.9. The summed E-state index contributed by atoms with van der Waals surface area (Å²) in [6.45, 7) is 9.19. The van der Waals surface area contributed by atoms with Gasteiger partial charge in [-0.2, -0.15) is 12.6 Å². The standard InChI is InChI=1S/C13H19N3S/c1-12(11-17)10-15-6-8-16(9-7-15)13-4-2-3-5-14-13/h2-5,17H,1,6-11H2. The van der Waals surface area contributed by atoms with Crippen molar-refractivity contribution in [3.8, 4) is 0 Å². The van der Waals surface area contributed by atoms with E-state index in [9.17, 15) is 0 Å². The van der Waals surface area contributed by atoms with Gasteiger partial charge in [-0.05, 0) is 12.1 Å². The van der Waals surface area contributed by atoms with Gasteiger partial charge in [-0.15, -0.1) is 0 Å². The lowest BCUT2D eigenvalue weighted by Gasteiger charge is -2.35. The number of anilines is 1. The first-order valence-corrected chi connectivity index (χ1v) is 6.58. The smallest absolute Gasteiger partial charge is 0.128 e. The van der Waals surface area contributed by atoms with Crippen LogP contribution in [0.5, 0.6) is 0 Å². The van der Waals surface area contributed by atoms with E-state index in [1.807, 2.05) is 18.3 Å². The predicted octanol–water partition coefficient (Wildman–Crippen LogP) is 1.69. The molecule has 0 saturated carbocycles. The molecule has 0 unspecified atom stereocenters. The maximum Gasteiger partial charge on any atom is 0.128 e. The Balaban J connectivity index is 1.84. The highest BCUT2D eigenvalue weighted by Crippen LogP contribution is 2.13. The molecule has 92 valence electrons. The van der Waals surface area contributed by atoms with E-state index in [1.165, 1.54) is 5.57 Å². The number of aromatic nitrogens is 1. The molecule has 2 heterocycles. The summed E-state index contributed by atoms with van der Waals surface area (Å²) in [4.78, 5) is 9.14. The number of thiol groups is 1. The fraction of sp³-hybridized carbons (Fsp3) is 0.462. The van der Waals surface area contributed by atoms with E-state index in [-0.39, 0.29) is 0 Å². The summed E-state index contributed by atoms with van der Waals surface area (Å²) < 4.78 is 0. The van der Waals surface area contributed by atoms with Crippen molar-refractivity contribution in [1.29, 1.82) is 0 Å². The number of nitrogens with zero attached hydrogens (tertiary/aromatic N) is 3. The summed E-state index contributed by atoms with van der Waals surface area (Å²) in [5.41, 5.74) is 1.19. The zero-order valence-electron chi connectivity index (χ0n) is 10.0. The molecule has 0 radical (unpaired) electrons. The number of hydrogen-bond acceptors (Lipinski definition) is 4. The minimum Gasteiger partial charge on any atom is -0.354 e. The zero-order chi connectivity index (χ0) is 12.1. The van der Waals surface area contributed by atoms with Crippen molar-refractivity contribution in [3.05, 3.63) is 36.5 Å². The molecule has 0 bridgehead atoms. The lowest BCUT2D eigenvalue weighted by molar-refractivity contribution is 0.278. The van der Waals surface area contributed by atoms with Crippen molar-refractivity contribution < 1.29 is 0 Å². The van der Waals surface area contributed by atoms with E-state index in [0.717, 1.165) is 44.3 Å². The van der Waals surface area contributed by atoms with E-state index in [2.05, 4.69) is 40.1 Å². The highest BCUT2D eigenvalue weighted by molar-refractivity contribution is 7.80. The van der Waals surface area contributed by atoms with E-state index >= 15 is 0 Å². The van der Waals surface area contributed by atoms with Gasteiger partial charge in [0.1, 0.15) is 5.82 Å². The molecule has 0 atom stereocenters. The first-order chi connectivity index (χ1) is 8.29. The van der Waals surface area contributed by atoms with Gasteiger partial charge in [0.2, 0.25) is 0 Å². The van der Waals surface area contributed by atoms with E-state index in [0.29, 0.717) is 0 Å². The molecule has 1 aliphatic heterocycles. The Morgan fingerprint density at radius 2 is 2.06 bits per heavy atom. The van der Waals surface area contributed by atoms with Gasteiger partial charge in [-0.25, -0.2) is 4.98 Å². The van der Waals surface area contributed by atoms with Crippen molar-refractivity contribution in [2.24, 2.45) is 0 Å². The highest BCUT2D eigenvalue weighted by atomic mass is 32.1. The largest absolute Gasteiger partial charge is 0.354 e. The molecule has 0 aromatic carbocycles. The van der Waals surface area contributed by atoms with Crippen molar-refractivity contribution in [2.45, 2.75) is 0 Å². The van der Waals surface area contributed by atoms with Gasteiger partial charge in [0.05, 0.1) is 0 Å². The van der Waals surface area contributed by atoms with Crippen molar-refractivity contribution in [1.82, 2.24) is 9.88 Å². The second kappa shape index (κ2) is 6.07. The van der Waals surface area contributed by atoms with Crippen LogP contribution in [-0.4, -0.2) is 48.4 Å². The average molecular weight is 249 g/mol. The lowest BCUT2D eigenvalue weighted by Crippen LogP contribution is -2.47. The van der Waals surface area contributed by atoms with Crippen LogP contribution in [0.1, 0.15) is 0 Å². The monoisotopic (exact) mass is 249 g/mol. The minimum atomic E-state index is 0.778. The molecular weight excluding hydrogens is 230 g/mol. The number of piperazine rings is 1. The molecule has 1 fully saturated rings. The Bertz CT molecular complexity index is 358. The maximum absolute atomic E-state index is 4.38. The summed E-state index contributed by atoms with van der Waals surface area (Å²) in [6.07, 6.45) is 1.85. The minimum absolute atomic E-state index is 0.778. The fourth-order valence-electron chi connectivity index (χ4n) is 2.04. The first-order valence-electron chi connectivity index (χ1n) is 5.95. The third kappa shape index (κ3) is 3.48. The van der Waals surface area contributed by atoms with Crippen LogP contribution in [0.15, 0.2) is 36.5 Å². The van der Waals surface area contributed by atoms with Crippen LogP contribution >= 0.6 is 12.6 Å². The normalized spacial score (nSPS) is 17.1. The van der Waals surface area contributed by atoms with Crippen LogP contribution < -0.4 is 4.90 Å². The summed E-state index contributed by atoms with van der Waals surface area (Å²) >= 11 is 4.24. The van der Waals surface area contributed by atoms with Crippen molar-refractivity contribution >= 4 is 18.4 Å². The van der Waals surface area contributed by atoms with Crippen LogP contribution in [0.4, 0.5) is 5.82 Å². The lowest BCUT2D eigenvalue weighted by atomic mass is 10.2. The Hall–Kier alpha value is -1.00. The van der Waals surface area contributed by atoms with Crippen LogP contribution in [0.2, 0.25) is 0 Å². The topological polar surface area (TPSA) is 19.4 Å². The van der Waals surface area contributed by atoms with Gasteiger partial charge in [-0.1, -0.05) is 18.2 Å². The summed E-state index contributed by atoms with van der Waals surface area (Å²) in [5, 5.41) is 0. The van der Waals surface area contributed by atoms with Gasteiger partial charge >= 0.3 is 0 Å². The third-order valence-electron chi connectivity index (χ3n) is 3.02. The molecule has 0 spiro atoms. The van der Waals surface area contributed by atoms with Gasteiger partial charge in [-0.3, -0.25) is 4.90 Å². The third-order valence-corrected chi connectivity index (χ3v) is 3.46. The molecule has 2 rings (SSSR count). The molecule has 4 heteroatoms. The second-order valence-corrected chi connectivity index (χ2v) is 4.68. The molecule has 3 nitrogen and oxygen atoms in total. The molecule has 1 aliphatic rings. The molecule has 1 aromatic rings. The molecule has 1 aromatic heterocycles. The Labute approximate surface area is 109 Å². The molecule has 0 N–H and O–H groups in total. The quantitative estimate of drug-likeness (QED) is 0.647. The van der Waals surface area contributed by atoms with Crippen LogP contribution in [0, 0.1) is 0 Å². The van der Waals surface area contributed by atoms with Crippen LogP contribution in [0.25, 0.3) is 0 Å².